The van der Waals surface area contributed by atoms with Crippen molar-refractivity contribution in [2.75, 3.05) is 4.90 Å². The first-order valence-electron chi connectivity index (χ1n) is 9.20. The quantitative estimate of drug-likeness (QED) is 0.591. The third kappa shape index (κ3) is 5.03. The van der Waals surface area contributed by atoms with Gasteiger partial charge in [-0.15, -0.1) is 0 Å². The molecule has 0 radical (unpaired) electrons. The molecule has 3 aromatic rings. The normalized spacial score (nSPS) is 12.4. The molecule has 0 aliphatic heterocycles. The lowest BCUT2D eigenvalue weighted by Gasteiger charge is -2.27. The molecule has 0 aliphatic rings. The van der Waals surface area contributed by atoms with Crippen LogP contribution in [0.2, 0.25) is 0 Å². The molecule has 3 aromatic carbocycles. The topological polar surface area (TPSA) is 32.3 Å². The van der Waals surface area contributed by atoms with Crippen LogP contribution in [0.15, 0.2) is 84.9 Å². The van der Waals surface area contributed by atoms with Crippen LogP contribution in [-0.2, 0) is 17.5 Å². The summed E-state index contributed by atoms with van der Waals surface area (Å²) < 4.78 is 39.6. The van der Waals surface area contributed by atoms with Gasteiger partial charge in [0.2, 0.25) is 5.91 Å². The molecule has 0 aromatic heterocycles. The van der Waals surface area contributed by atoms with Crippen LogP contribution in [-0.4, -0.2) is 11.9 Å². The van der Waals surface area contributed by atoms with Crippen molar-refractivity contribution in [2.24, 2.45) is 0 Å². The van der Waals surface area contributed by atoms with E-state index in [1.807, 2.05) is 60.7 Å². The third-order valence-electron chi connectivity index (χ3n) is 4.54. The first-order chi connectivity index (χ1) is 13.9. The van der Waals surface area contributed by atoms with Gasteiger partial charge in [-0.1, -0.05) is 54.6 Å². The molecular formula is C23H21F3N2O. The number of anilines is 2. The molecule has 1 atom stereocenters. The van der Waals surface area contributed by atoms with E-state index in [9.17, 15) is 18.0 Å². The Balaban J connectivity index is 1.81. The monoisotopic (exact) mass is 398 g/mol. The van der Waals surface area contributed by atoms with E-state index < -0.39 is 17.8 Å². The Morgan fingerprint density at radius 3 is 1.86 bits per heavy atom. The molecular weight excluding hydrogens is 377 g/mol. The largest absolute Gasteiger partial charge is 0.416 e. The van der Waals surface area contributed by atoms with Gasteiger partial charge in [-0.25, -0.2) is 0 Å². The predicted octanol–water partition coefficient (Wildman–Crippen LogP) is 5.55. The molecule has 1 amide bonds. The van der Waals surface area contributed by atoms with Crippen LogP contribution in [0.4, 0.5) is 24.5 Å². The second-order valence-corrected chi connectivity index (χ2v) is 6.60. The maximum Gasteiger partial charge on any atom is 0.416 e. The molecule has 150 valence electrons. The summed E-state index contributed by atoms with van der Waals surface area (Å²) in [7, 11) is 0. The number of hydrogen-bond donors (Lipinski definition) is 1. The highest BCUT2D eigenvalue weighted by Crippen LogP contribution is 2.32. The maximum atomic E-state index is 13.2. The molecule has 0 fully saturated rings. The molecule has 3 rings (SSSR count). The zero-order valence-corrected chi connectivity index (χ0v) is 15.9. The van der Waals surface area contributed by atoms with E-state index in [-0.39, 0.29) is 18.0 Å². The summed E-state index contributed by atoms with van der Waals surface area (Å²) in [5, 5.41) is 2.94. The first-order valence-corrected chi connectivity index (χ1v) is 9.20. The standard InChI is InChI=1S/C23H21F3N2O/c1-17(27-16-18-10-8-9-15-21(18)23(24,25)26)22(29)28(19-11-4-2-5-12-19)20-13-6-3-7-14-20/h2-15,17,27H,16H2,1H3. The van der Waals surface area contributed by atoms with Crippen molar-refractivity contribution in [3.8, 4) is 0 Å². The Hall–Kier alpha value is -3.12. The number of benzene rings is 3. The van der Waals surface area contributed by atoms with E-state index in [1.165, 1.54) is 12.1 Å². The van der Waals surface area contributed by atoms with Crippen LogP contribution >= 0.6 is 0 Å². The van der Waals surface area contributed by atoms with Crippen LogP contribution in [0.3, 0.4) is 0 Å². The highest BCUT2D eigenvalue weighted by atomic mass is 19.4. The van der Waals surface area contributed by atoms with Crippen LogP contribution in [0, 0.1) is 0 Å². The zero-order valence-electron chi connectivity index (χ0n) is 15.9. The van der Waals surface area contributed by atoms with Crippen LogP contribution in [0.25, 0.3) is 0 Å². The smallest absolute Gasteiger partial charge is 0.302 e. The molecule has 0 spiro atoms. The second-order valence-electron chi connectivity index (χ2n) is 6.60. The Bertz CT molecular complexity index is 904. The minimum Gasteiger partial charge on any atom is -0.302 e. The summed E-state index contributed by atoms with van der Waals surface area (Å²) in [5.74, 6) is -0.258. The van der Waals surface area contributed by atoms with Crippen LogP contribution in [0.5, 0.6) is 0 Å². The summed E-state index contributed by atoms with van der Waals surface area (Å²) in [6, 6.07) is 23.0. The fourth-order valence-corrected chi connectivity index (χ4v) is 3.05. The minimum atomic E-state index is -4.44. The lowest BCUT2D eigenvalue weighted by Crippen LogP contribution is -2.42. The fourth-order valence-electron chi connectivity index (χ4n) is 3.05. The van der Waals surface area contributed by atoms with Gasteiger partial charge in [-0.3, -0.25) is 9.69 Å². The number of carbonyl (C=O) groups is 1. The van der Waals surface area contributed by atoms with Gasteiger partial charge in [-0.2, -0.15) is 13.2 Å². The van der Waals surface area contributed by atoms with Gasteiger partial charge in [0.25, 0.3) is 0 Å². The number of para-hydroxylation sites is 2. The van der Waals surface area contributed by atoms with Crippen LogP contribution < -0.4 is 10.2 Å². The number of carbonyl (C=O) groups excluding carboxylic acids is 1. The number of alkyl halides is 3. The molecule has 1 unspecified atom stereocenters. The third-order valence-corrected chi connectivity index (χ3v) is 4.54. The second kappa shape index (κ2) is 8.92. The number of rotatable bonds is 6. The minimum absolute atomic E-state index is 0.0694. The van der Waals surface area contributed by atoms with Gasteiger partial charge in [0, 0.05) is 17.9 Å². The number of amides is 1. The number of hydrogen-bond acceptors (Lipinski definition) is 2. The summed E-state index contributed by atoms with van der Waals surface area (Å²) in [6.45, 7) is 1.58. The molecule has 0 bridgehead atoms. The lowest BCUT2D eigenvalue weighted by molar-refractivity contribution is -0.138. The van der Waals surface area contributed by atoms with Crippen molar-refractivity contribution in [2.45, 2.75) is 25.7 Å². The van der Waals surface area contributed by atoms with E-state index in [0.717, 1.165) is 6.07 Å². The van der Waals surface area contributed by atoms with Gasteiger partial charge < -0.3 is 5.32 Å². The average Bonchev–Trinajstić information content (AvgIpc) is 2.73. The van der Waals surface area contributed by atoms with Crippen molar-refractivity contribution >= 4 is 17.3 Å². The summed E-state index contributed by atoms with van der Waals surface area (Å²) in [5.41, 5.74) is 0.779. The van der Waals surface area contributed by atoms with E-state index in [1.54, 1.807) is 17.9 Å². The number of nitrogens with zero attached hydrogens (tertiary/aromatic N) is 1. The first kappa shape index (κ1) is 20.6. The van der Waals surface area contributed by atoms with Crippen molar-refractivity contribution in [1.29, 1.82) is 0 Å². The van der Waals surface area contributed by atoms with Crippen molar-refractivity contribution < 1.29 is 18.0 Å². The molecule has 1 N–H and O–H groups in total. The lowest BCUT2D eigenvalue weighted by atomic mass is 10.1. The molecule has 6 heteroatoms. The molecule has 0 saturated heterocycles. The Kier molecular flexibility index (Phi) is 6.34. The predicted molar refractivity (Wildman–Crippen MR) is 108 cm³/mol. The highest BCUT2D eigenvalue weighted by Gasteiger charge is 2.33. The van der Waals surface area contributed by atoms with Crippen molar-refractivity contribution in [3.05, 3.63) is 96.1 Å². The summed E-state index contributed by atoms with van der Waals surface area (Å²) in [4.78, 5) is 14.8. The highest BCUT2D eigenvalue weighted by molar-refractivity contribution is 6.03. The summed E-state index contributed by atoms with van der Waals surface area (Å²) in [6.07, 6.45) is -4.44. The van der Waals surface area contributed by atoms with Gasteiger partial charge in [0.1, 0.15) is 0 Å². The van der Waals surface area contributed by atoms with E-state index in [4.69, 9.17) is 0 Å². The fraction of sp³-hybridized carbons (Fsp3) is 0.174. The van der Waals surface area contributed by atoms with Gasteiger partial charge in [0.05, 0.1) is 11.6 Å². The molecule has 3 nitrogen and oxygen atoms in total. The molecule has 0 saturated carbocycles. The van der Waals surface area contributed by atoms with Crippen molar-refractivity contribution in [3.63, 3.8) is 0 Å². The molecule has 0 aliphatic carbocycles. The van der Waals surface area contributed by atoms with Crippen LogP contribution in [0.1, 0.15) is 18.1 Å². The van der Waals surface area contributed by atoms with Gasteiger partial charge in [-0.05, 0) is 42.8 Å². The Labute approximate surface area is 167 Å². The van der Waals surface area contributed by atoms with E-state index >= 15 is 0 Å². The van der Waals surface area contributed by atoms with E-state index in [0.29, 0.717) is 11.4 Å². The zero-order chi connectivity index (χ0) is 20.9. The van der Waals surface area contributed by atoms with Crippen molar-refractivity contribution in [1.82, 2.24) is 5.32 Å². The van der Waals surface area contributed by atoms with E-state index in [2.05, 4.69) is 5.32 Å². The molecule has 29 heavy (non-hydrogen) atoms. The Morgan fingerprint density at radius 1 is 0.862 bits per heavy atom. The maximum absolute atomic E-state index is 13.2. The van der Waals surface area contributed by atoms with Gasteiger partial charge >= 0.3 is 6.18 Å². The number of nitrogens with one attached hydrogen (secondary N) is 1. The molecule has 0 heterocycles. The SMILES string of the molecule is CC(NCc1ccccc1C(F)(F)F)C(=O)N(c1ccccc1)c1ccccc1. The average molecular weight is 398 g/mol. The summed E-state index contributed by atoms with van der Waals surface area (Å²) >= 11 is 0. The van der Waals surface area contributed by atoms with Gasteiger partial charge in [0.15, 0.2) is 0 Å². The number of halogens is 3. The Morgan fingerprint density at radius 2 is 1.34 bits per heavy atom.